The minimum absolute atomic E-state index is 0.123. The van der Waals surface area contributed by atoms with Gasteiger partial charge in [-0.3, -0.25) is 19.3 Å². The Morgan fingerprint density at radius 3 is 2.78 bits per heavy atom. The molecule has 1 unspecified atom stereocenters. The van der Waals surface area contributed by atoms with Crippen molar-refractivity contribution in [1.82, 2.24) is 15.5 Å². The highest BCUT2D eigenvalue weighted by atomic mass is 16.5. The molecule has 1 fully saturated rings. The number of methoxy groups -OCH3 is 1. The number of imide groups is 1. The average molecular weight is 257 g/mol. The van der Waals surface area contributed by atoms with Gasteiger partial charge in [0.05, 0.1) is 19.1 Å². The Hall–Kier alpha value is -1.47. The third kappa shape index (κ3) is 3.78. The summed E-state index contributed by atoms with van der Waals surface area (Å²) in [6, 6.07) is -0.450. The molecule has 1 aliphatic heterocycles. The van der Waals surface area contributed by atoms with Gasteiger partial charge in [0, 0.05) is 26.6 Å². The van der Waals surface area contributed by atoms with Gasteiger partial charge in [0.25, 0.3) is 0 Å². The van der Waals surface area contributed by atoms with Crippen molar-refractivity contribution in [1.29, 1.82) is 0 Å². The molecule has 1 rings (SSSR count). The van der Waals surface area contributed by atoms with E-state index in [1.165, 1.54) is 0 Å². The average Bonchev–Trinajstić information content (AvgIpc) is 2.62. The highest BCUT2D eigenvalue weighted by molar-refractivity contribution is 6.05. The summed E-state index contributed by atoms with van der Waals surface area (Å²) >= 11 is 0. The third-order valence-electron chi connectivity index (χ3n) is 2.78. The predicted molar refractivity (Wildman–Crippen MR) is 63.7 cm³/mol. The number of nitrogens with one attached hydrogen (secondary N) is 2. The number of nitrogens with zero attached hydrogens (tertiary/aromatic N) is 1. The van der Waals surface area contributed by atoms with Gasteiger partial charge in [-0.25, -0.2) is 0 Å². The molecule has 7 heteroatoms. The van der Waals surface area contributed by atoms with Crippen LogP contribution in [0, 0.1) is 0 Å². The fraction of sp³-hybridized carbons (Fsp3) is 0.727. The minimum Gasteiger partial charge on any atom is -0.383 e. The molecule has 0 aromatic rings. The summed E-state index contributed by atoms with van der Waals surface area (Å²) in [5.41, 5.74) is 0. The number of hydrogen-bond acceptors (Lipinski definition) is 5. The Labute approximate surface area is 106 Å². The third-order valence-corrected chi connectivity index (χ3v) is 2.78. The second kappa shape index (κ2) is 7.07. The largest absolute Gasteiger partial charge is 0.383 e. The summed E-state index contributed by atoms with van der Waals surface area (Å²) in [6.45, 7) is 1.00. The second-order valence-corrected chi connectivity index (χ2v) is 4.02. The van der Waals surface area contributed by atoms with E-state index in [2.05, 4.69) is 10.6 Å². The minimum atomic E-state index is -0.450. The van der Waals surface area contributed by atoms with Crippen molar-refractivity contribution in [3.8, 4) is 0 Å². The summed E-state index contributed by atoms with van der Waals surface area (Å²) in [5, 5.41) is 5.41. The lowest BCUT2D eigenvalue weighted by Crippen LogP contribution is -2.39. The van der Waals surface area contributed by atoms with Crippen LogP contribution in [0.25, 0.3) is 0 Å². The van der Waals surface area contributed by atoms with Crippen LogP contribution < -0.4 is 10.6 Å². The first-order chi connectivity index (χ1) is 8.60. The smallest absolute Gasteiger partial charge is 0.246 e. The lowest BCUT2D eigenvalue weighted by molar-refractivity contribution is -0.139. The van der Waals surface area contributed by atoms with E-state index in [0.29, 0.717) is 13.2 Å². The molecule has 18 heavy (non-hydrogen) atoms. The maximum atomic E-state index is 11.7. The molecule has 1 saturated heterocycles. The Morgan fingerprint density at radius 2 is 2.22 bits per heavy atom. The molecule has 102 valence electrons. The molecule has 1 atom stereocenters. The fourth-order valence-corrected chi connectivity index (χ4v) is 1.74. The van der Waals surface area contributed by atoms with E-state index in [-0.39, 0.29) is 37.1 Å². The molecule has 0 aromatic carbocycles. The molecule has 2 N–H and O–H groups in total. The zero-order valence-corrected chi connectivity index (χ0v) is 10.7. The number of hydrogen-bond donors (Lipinski definition) is 2. The van der Waals surface area contributed by atoms with Crippen LogP contribution in [0.2, 0.25) is 0 Å². The summed E-state index contributed by atoms with van der Waals surface area (Å²) in [4.78, 5) is 35.8. The molecule has 0 radical (unpaired) electrons. The predicted octanol–water partition coefficient (Wildman–Crippen LogP) is -1.51. The number of likely N-dealkylation sites (tertiary alicyclic amines) is 1. The summed E-state index contributed by atoms with van der Waals surface area (Å²) in [6.07, 6.45) is 0.290. The number of likely N-dealkylation sites (N-methyl/N-ethyl adjacent to an activating group) is 1. The Bertz CT molecular complexity index is 332. The van der Waals surface area contributed by atoms with Crippen LogP contribution in [0.15, 0.2) is 0 Å². The molecule has 1 heterocycles. The summed E-state index contributed by atoms with van der Waals surface area (Å²) in [5.74, 6) is -0.684. The topological polar surface area (TPSA) is 87.7 Å². The van der Waals surface area contributed by atoms with Gasteiger partial charge in [-0.05, 0) is 7.05 Å². The van der Waals surface area contributed by atoms with Gasteiger partial charge < -0.3 is 15.4 Å². The summed E-state index contributed by atoms with van der Waals surface area (Å²) < 4.78 is 4.79. The highest BCUT2D eigenvalue weighted by Gasteiger charge is 2.37. The molecule has 0 spiro atoms. The van der Waals surface area contributed by atoms with E-state index in [1.807, 2.05) is 0 Å². The SMILES string of the molecule is CNC1CC(=O)N(CCC(=O)NCCOC)C1=O. The van der Waals surface area contributed by atoms with Gasteiger partial charge in [-0.2, -0.15) is 0 Å². The van der Waals surface area contributed by atoms with Crippen LogP contribution in [-0.4, -0.2) is 62.5 Å². The van der Waals surface area contributed by atoms with Crippen LogP contribution in [-0.2, 0) is 19.1 Å². The second-order valence-electron chi connectivity index (χ2n) is 4.02. The first-order valence-electron chi connectivity index (χ1n) is 5.87. The molecular formula is C11H19N3O4. The highest BCUT2D eigenvalue weighted by Crippen LogP contribution is 2.12. The monoisotopic (exact) mass is 257 g/mol. The Kier molecular flexibility index (Phi) is 5.73. The molecule has 0 saturated carbocycles. The zero-order valence-electron chi connectivity index (χ0n) is 10.7. The lowest BCUT2D eigenvalue weighted by Gasteiger charge is -2.14. The van der Waals surface area contributed by atoms with Crippen molar-refractivity contribution < 1.29 is 19.1 Å². The van der Waals surface area contributed by atoms with Gasteiger partial charge in [-0.15, -0.1) is 0 Å². The van der Waals surface area contributed by atoms with Crippen molar-refractivity contribution in [3.63, 3.8) is 0 Å². The first-order valence-corrected chi connectivity index (χ1v) is 5.87. The van der Waals surface area contributed by atoms with Crippen LogP contribution >= 0.6 is 0 Å². The maximum absolute atomic E-state index is 11.7. The van der Waals surface area contributed by atoms with Gasteiger partial charge in [0.2, 0.25) is 17.7 Å². The summed E-state index contributed by atoms with van der Waals surface area (Å²) in [7, 11) is 3.18. The van der Waals surface area contributed by atoms with Crippen molar-refractivity contribution in [3.05, 3.63) is 0 Å². The number of amides is 3. The zero-order chi connectivity index (χ0) is 13.5. The molecule has 1 aliphatic rings. The van der Waals surface area contributed by atoms with Crippen LogP contribution in [0.1, 0.15) is 12.8 Å². The van der Waals surface area contributed by atoms with Crippen LogP contribution in [0.3, 0.4) is 0 Å². The Morgan fingerprint density at radius 1 is 1.50 bits per heavy atom. The normalized spacial score (nSPS) is 19.4. The van der Waals surface area contributed by atoms with E-state index >= 15 is 0 Å². The van der Waals surface area contributed by atoms with Crippen molar-refractivity contribution >= 4 is 17.7 Å². The molecule has 3 amide bonds. The van der Waals surface area contributed by atoms with Crippen molar-refractivity contribution in [2.45, 2.75) is 18.9 Å². The first kappa shape index (κ1) is 14.6. The van der Waals surface area contributed by atoms with E-state index < -0.39 is 6.04 Å². The fourth-order valence-electron chi connectivity index (χ4n) is 1.74. The van der Waals surface area contributed by atoms with E-state index in [1.54, 1.807) is 14.2 Å². The number of rotatable bonds is 7. The maximum Gasteiger partial charge on any atom is 0.246 e. The van der Waals surface area contributed by atoms with Crippen molar-refractivity contribution in [2.24, 2.45) is 0 Å². The van der Waals surface area contributed by atoms with Gasteiger partial charge >= 0.3 is 0 Å². The van der Waals surface area contributed by atoms with E-state index in [0.717, 1.165) is 4.90 Å². The van der Waals surface area contributed by atoms with Gasteiger partial charge in [-0.1, -0.05) is 0 Å². The van der Waals surface area contributed by atoms with Crippen LogP contribution in [0.4, 0.5) is 0 Å². The molecule has 0 aromatic heterocycles. The molecule has 0 aliphatic carbocycles. The van der Waals surface area contributed by atoms with Crippen molar-refractivity contribution in [2.75, 3.05) is 33.9 Å². The van der Waals surface area contributed by atoms with Gasteiger partial charge in [0.1, 0.15) is 0 Å². The number of carbonyl (C=O) groups is 3. The number of carbonyl (C=O) groups excluding carboxylic acids is 3. The Balaban J connectivity index is 2.32. The quantitative estimate of drug-likeness (QED) is 0.427. The van der Waals surface area contributed by atoms with Gasteiger partial charge in [0.15, 0.2) is 0 Å². The molecular weight excluding hydrogens is 238 g/mol. The number of ether oxygens (including phenoxy) is 1. The lowest BCUT2D eigenvalue weighted by atomic mass is 10.2. The standard InChI is InChI=1S/C11H19N3O4/c1-12-8-7-10(16)14(11(8)17)5-3-9(15)13-4-6-18-2/h8,12H,3-7H2,1-2H3,(H,13,15). The van der Waals surface area contributed by atoms with E-state index in [4.69, 9.17) is 4.74 Å². The van der Waals surface area contributed by atoms with Crippen LogP contribution in [0.5, 0.6) is 0 Å². The van der Waals surface area contributed by atoms with E-state index in [9.17, 15) is 14.4 Å². The molecule has 7 nitrogen and oxygen atoms in total. The molecule has 0 bridgehead atoms.